The van der Waals surface area contributed by atoms with Crippen LogP contribution in [-0.2, 0) is 19.1 Å². The number of hydrogen-bond acceptors (Lipinski definition) is 12. The van der Waals surface area contributed by atoms with Crippen molar-refractivity contribution >= 4 is 17.7 Å². The number of rotatable bonds is 9. The lowest BCUT2D eigenvalue weighted by Crippen LogP contribution is -2.60. The highest BCUT2D eigenvalue weighted by atomic mass is 16.7. The van der Waals surface area contributed by atoms with Crippen molar-refractivity contribution in [1.82, 2.24) is 0 Å². The van der Waals surface area contributed by atoms with Crippen molar-refractivity contribution in [2.24, 2.45) is 0 Å². The first-order chi connectivity index (χ1) is 19.7. The van der Waals surface area contributed by atoms with Gasteiger partial charge in [0, 0.05) is 11.1 Å². The molecule has 228 valence electrons. The molecule has 2 aliphatic rings. The summed E-state index contributed by atoms with van der Waals surface area (Å²) in [6.45, 7) is 3.59. The minimum absolute atomic E-state index is 0.000800. The van der Waals surface area contributed by atoms with Gasteiger partial charge in [0.2, 0.25) is 6.29 Å². The number of fused-ring (bicyclic) bond motifs is 1. The molecule has 0 unspecified atom stereocenters. The molecule has 7 atom stereocenters. The Morgan fingerprint density at radius 1 is 1.02 bits per heavy atom. The quantitative estimate of drug-likeness (QED) is 0.226. The van der Waals surface area contributed by atoms with Crippen molar-refractivity contribution in [3.8, 4) is 17.2 Å². The molecule has 2 aromatic rings. The van der Waals surface area contributed by atoms with Gasteiger partial charge in [-0.2, -0.15) is 0 Å². The van der Waals surface area contributed by atoms with Gasteiger partial charge in [-0.05, 0) is 26.3 Å². The highest BCUT2D eigenvalue weighted by molar-refractivity contribution is 6.03. The van der Waals surface area contributed by atoms with Crippen LogP contribution in [0.25, 0.3) is 0 Å². The van der Waals surface area contributed by atoms with Gasteiger partial charge in [-0.25, -0.2) is 0 Å². The maximum Gasteiger partial charge on any atom is 0.308 e. The number of aliphatic hydroxyl groups is 4. The Hall–Kier alpha value is -3.75. The summed E-state index contributed by atoms with van der Waals surface area (Å²) in [5.41, 5.74) is -0.684. The predicted molar refractivity (Wildman–Crippen MR) is 142 cm³/mol. The molecule has 1 saturated heterocycles. The van der Waals surface area contributed by atoms with Crippen molar-refractivity contribution in [1.29, 1.82) is 0 Å². The van der Waals surface area contributed by atoms with E-state index >= 15 is 0 Å². The Labute approximate surface area is 240 Å². The molecule has 0 aromatic heterocycles. The predicted octanol–water partition coefficient (Wildman–Crippen LogP) is 1.06. The summed E-state index contributed by atoms with van der Waals surface area (Å²) in [6, 6.07) is 9.05. The highest BCUT2D eigenvalue weighted by Crippen LogP contribution is 2.48. The number of carboxylic acids is 1. The number of phenols is 1. The molecule has 4 rings (SSSR count). The van der Waals surface area contributed by atoms with E-state index in [1.54, 1.807) is 19.1 Å². The number of carboxylic acid groups (broad SMARTS) is 1. The van der Waals surface area contributed by atoms with E-state index in [-0.39, 0.29) is 40.6 Å². The maximum atomic E-state index is 13.0. The van der Waals surface area contributed by atoms with Crippen LogP contribution < -0.4 is 9.47 Å². The molecular weight excluding hydrogens is 556 g/mol. The van der Waals surface area contributed by atoms with Gasteiger partial charge in [-0.15, -0.1) is 0 Å². The van der Waals surface area contributed by atoms with Crippen LogP contribution in [0, 0.1) is 13.8 Å². The third-order valence-corrected chi connectivity index (χ3v) is 7.29. The fraction of sp³-hybridized carbons (Fsp3) is 0.483. The summed E-state index contributed by atoms with van der Waals surface area (Å²) in [5.74, 6) is -2.94. The average molecular weight is 591 g/mol. The van der Waals surface area contributed by atoms with Gasteiger partial charge in [-0.1, -0.05) is 30.3 Å². The second-order valence-electron chi connectivity index (χ2n) is 10.8. The first-order valence-corrected chi connectivity index (χ1v) is 13.3. The van der Waals surface area contributed by atoms with Crippen LogP contribution >= 0.6 is 0 Å². The molecule has 0 aliphatic carbocycles. The number of benzene rings is 2. The number of carbonyl (C=O) groups is 3. The first-order valence-electron chi connectivity index (χ1n) is 13.3. The Morgan fingerprint density at radius 3 is 2.33 bits per heavy atom. The third kappa shape index (κ3) is 6.50. The number of carbonyl (C=O) groups excluding carboxylic acids is 2. The van der Waals surface area contributed by atoms with E-state index in [0.29, 0.717) is 5.56 Å². The molecule has 2 heterocycles. The molecule has 0 amide bonds. The fourth-order valence-electron chi connectivity index (χ4n) is 5.06. The lowest BCUT2D eigenvalue weighted by Gasteiger charge is -2.40. The van der Waals surface area contributed by atoms with Gasteiger partial charge < -0.3 is 49.6 Å². The monoisotopic (exact) mass is 590 g/mol. The van der Waals surface area contributed by atoms with E-state index in [4.69, 9.17) is 24.1 Å². The Kier molecular flexibility index (Phi) is 9.09. The summed E-state index contributed by atoms with van der Waals surface area (Å²) in [7, 11) is 0. The molecule has 13 nitrogen and oxygen atoms in total. The van der Waals surface area contributed by atoms with Crippen LogP contribution in [0.15, 0.2) is 30.3 Å². The van der Waals surface area contributed by atoms with Crippen LogP contribution in [-0.4, -0.2) is 91.3 Å². The molecule has 13 heteroatoms. The van der Waals surface area contributed by atoms with E-state index in [9.17, 15) is 39.9 Å². The maximum absolute atomic E-state index is 13.0. The van der Waals surface area contributed by atoms with E-state index in [1.807, 2.05) is 18.2 Å². The molecule has 1 fully saturated rings. The lowest BCUT2D eigenvalue weighted by molar-refractivity contribution is -0.279. The minimum atomic E-state index is -1.89. The topological polar surface area (TPSA) is 210 Å². The van der Waals surface area contributed by atoms with Crippen molar-refractivity contribution in [2.75, 3.05) is 6.61 Å². The number of esters is 1. The van der Waals surface area contributed by atoms with Crippen LogP contribution in [0.2, 0.25) is 0 Å². The number of ketones is 1. The van der Waals surface area contributed by atoms with Crippen molar-refractivity contribution < 1.29 is 64.0 Å². The summed E-state index contributed by atoms with van der Waals surface area (Å²) in [5, 5.41) is 61.4. The molecule has 0 spiro atoms. The molecule has 42 heavy (non-hydrogen) atoms. The molecule has 0 bridgehead atoms. The normalized spacial score (nSPS) is 26.9. The van der Waals surface area contributed by atoms with Gasteiger partial charge in [-0.3, -0.25) is 14.4 Å². The zero-order valence-electron chi connectivity index (χ0n) is 23.2. The van der Waals surface area contributed by atoms with Crippen molar-refractivity contribution in [3.05, 3.63) is 52.6 Å². The van der Waals surface area contributed by atoms with Gasteiger partial charge >= 0.3 is 11.9 Å². The van der Waals surface area contributed by atoms with Crippen LogP contribution in [0.3, 0.4) is 0 Å². The summed E-state index contributed by atoms with van der Waals surface area (Å²) in [6.07, 6.45) is -10.3. The third-order valence-electron chi connectivity index (χ3n) is 7.29. The molecule has 0 radical (unpaired) electrons. The molecule has 6 N–H and O–H groups in total. The number of aliphatic hydroxyl groups excluding tert-OH is 3. The second-order valence-corrected chi connectivity index (χ2v) is 10.8. The SMILES string of the molecule is Cc1c(O)c2c(c(C)c1O[C@@H]1O[C@H](COC(=O)C[C@](C)(O)CC(=O)O)[C@@H](O)[C@H](O)[C@H]1O)O[C@H](c1ccccc1)CC2=O. The zero-order chi connectivity index (χ0) is 30.9. The second kappa shape index (κ2) is 12.2. The Balaban J connectivity index is 1.54. The number of phenolic OH excluding ortho intramolecular Hbond substituents is 1. The van der Waals surface area contributed by atoms with Gasteiger partial charge in [0.1, 0.15) is 59.9 Å². The van der Waals surface area contributed by atoms with E-state index in [2.05, 4.69) is 0 Å². The lowest BCUT2D eigenvalue weighted by atomic mass is 9.91. The van der Waals surface area contributed by atoms with Crippen molar-refractivity contribution in [2.45, 2.75) is 82.4 Å². The van der Waals surface area contributed by atoms with E-state index in [1.165, 1.54) is 6.92 Å². The van der Waals surface area contributed by atoms with Crippen molar-refractivity contribution in [3.63, 3.8) is 0 Å². The Bertz CT molecular complexity index is 1340. The van der Waals surface area contributed by atoms with Crippen LogP contribution in [0.1, 0.15) is 59.3 Å². The average Bonchev–Trinajstić information content (AvgIpc) is 2.92. The largest absolute Gasteiger partial charge is 0.507 e. The van der Waals surface area contributed by atoms with Gasteiger partial charge in [0.25, 0.3) is 0 Å². The van der Waals surface area contributed by atoms with Crippen LogP contribution in [0.5, 0.6) is 17.2 Å². The number of ether oxygens (including phenoxy) is 4. The van der Waals surface area contributed by atoms with Gasteiger partial charge in [0.15, 0.2) is 5.78 Å². The summed E-state index contributed by atoms with van der Waals surface area (Å²) in [4.78, 5) is 36.1. The van der Waals surface area contributed by atoms with Crippen LogP contribution in [0.4, 0.5) is 0 Å². The molecule has 0 saturated carbocycles. The smallest absolute Gasteiger partial charge is 0.308 e. The molecular formula is C29H34O13. The summed E-state index contributed by atoms with van der Waals surface area (Å²) < 4.78 is 22.7. The fourth-order valence-corrected chi connectivity index (χ4v) is 5.06. The standard InChI is InChI=1S/C29H34O13/c1-13-22(34)21-16(30)9-17(15-7-5-4-6-8-15)40-27(21)14(2)26(13)42-28-25(37)24(36)23(35)18(41-28)12-39-20(33)11-29(3,38)10-19(31)32/h4-8,17-18,23-25,28,34-38H,9-12H2,1-3H3,(H,31,32)/t17-,18+,23+,24-,25+,28-,29+/m0/s1. The van der Waals surface area contributed by atoms with Gasteiger partial charge in [0.05, 0.1) is 24.9 Å². The van der Waals surface area contributed by atoms with E-state index in [0.717, 1.165) is 12.5 Å². The van der Waals surface area contributed by atoms with E-state index < -0.39 is 73.8 Å². The number of Topliss-reactive ketones (excluding diaryl/α,β-unsaturated/α-hetero) is 1. The molecule has 2 aliphatic heterocycles. The first kappa shape index (κ1) is 31.2. The minimum Gasteiger partial charge on any atom is -0.507 e. The number of aliphatic carboxylic acids is 1. The number of hydrogen-bond donors (Lipinski definition) is 6. The number of aromatic hydroxyl groups is 1. The molecule has 2 aromatic carbocycles. The highest BCUT2D eigenvalue weighted by Gasteiger charge is 2.46. The zero-order valence-corrected chi connectivity index (χ0v) is 23.2. The summed E-state index contributed by atoms with van der Waals surface area (Å²) >= 11 is 0. The Morgan fingerprint density at radius 2 is 1.69 bits per heavy atom.